The van der Waals surface area contributed by atoms with Crippen LogP contribution in [0.1, 0.15) is 0 Å². The maximum Gasteiger partial charge on any atom is 0.229 e. The molecule has 56 heavy (non-hydrogen) atoms. The van der Waals surface area contributed by atoms with Gasteiger partial charge < -0.3 is 8.98 Å². The Kier molecular flexibility index (Phi) is 7.31. The van der Waals surface area contributed by atoms with E-state index in [4.69, 9.17) is 19.4 Å². The van der Waals surface area contributed by atoms with E-state index in [0.29, 0.717) is 34.5 Å². The summed E-state index contributed by atoms with van der Waals surface area (Å²) in [4.78, 5) is 29.0. The van der Waals surface area contributed by atoms with Crippen molar-refractivity contribution in [1.29, 1.82) is 0 Å². The normalized spacial score (nSPS) is 11.6. The largest absolute Gasteiger partial charge is 0.434 e. The Bertz CT molecular complexity index is 3190. The van der Waals surface area contributed by atoms with Crippen LogP contribution >= 0.6 is 0 Å². The Morgan fingerprint density at radius 1 is 0.411 bits per heavy atom. The molecule has 0 aliphatic carbocycles. The first-order valence-electron chi connectivity index (χ1n) is 18.4. The SMILES string of the molecule is c1ccc(-c2cnc3oc4c(-c5ccc(-c6nc(-c7ccccc7)nc(-c7cccc(-n8c9ccccc9c9ccccc98)c7)n6)cc5)ncnc4c3c2)cc1. The summed E-state index contributed by atoms with van der Waals surface area (Å²) in [5.41, 5.74) is 11.4. The maximum absolute atomic E-state index is 6.29. The summed E-state index contributed by atoms with van der Waals surface area (Å²) in [7, 11) is 0. The first kappa shape index (κ1) is 31.7. The molecule has 8 nitrogen and oxygen atoms in total. The van der Waals surface area contributed by atoms with Gasteiger partial charge in [-0.25, -0.2) is 29.9 Å². The highest BCUT2D eigenvalue weighted by atomic mass is 16.3. The molecule has 11 aromatic rings. The van der Waals surface area contributed by atoms with Gasteiger partial charge in [-0.05, 0) is 35.9 Å². The van der Waals surface area contributed by atoms with Gasteiger partial charge in [-0.1, -0.05) is 133 Å². The van der Waals surface area contributed by atoms with E-state index in [2.05, 4.69) is 111 Å². The van der Waals surface area contributed by atoms with Crippen molar-refractivity contribution in [3.63, 3.8) is 0 Å². The second-order valence-corrected chi connectivity index (χ2v) is 13.6. The van der Waals surface area contributed by atoms with Crippen LogP contribution in [0.25, 0.3) is 106 Å². The van der Waals surface area contributed by atoms with Crippen molar-refractivity contribution in [2.24, 2.45) is 0 Å². The highest BCUT2D eigenvalue weighted by molar-refractivity contribution is 6.09. The van der Waals surface area contributed by atoms with Crippen LogP contribution in [0.15, 0.2) is 181 Å². The molecule has 0 aliphatic rings. The molecular formula is C48H29N7O. The van der Waals surface area contributed by atoms with Gasteiger partial charge in [0.15, 0.2) is 23.1 Å². The number of aromatic nitrogens is 7. The highest BCUT2D eigenvalue weighted by Crippen LogP contribution is 2.36. The molecule has 0 saturated carbocycles. The summed E-state index contributed by atoms with van der Waals surface area (Å²) < 4.78 is 8.59. The van der Waals surface area contributed by atoms with Crippen molar-refractivity contribution >= 4 is 44.0 Å². The molecule has 262 valence electrons. The standard InChI is InChI=1S/C48H29N7O/c1-3-12-30(13-4-1)35-27-39-43-44(56-48(39)49-28-35)42(50-29-51-43)31-22-24-33(25-23-31)46-52-45(32-14-5-2-6-15-32)53-47(54-46)34-16-11-17-36(26-34)55-40-20-9-7-18-37(40)38-19-8-10-21-41(38)55/h1-29H. The van der Waals surface area contributed by atoms with Gasteiger partial charge in [-0.2, -0.15) is 0 Å². The van der Waals surface area contributed by atoms with Crippen LogP contribution in [0.3, 0.4) is 0 Å². The maximum atomic E-state index is 6.29. The minimum atomic E-state index is 0.520. The van der Waals surface area contributed by atoms with Crippen LogP contribution in [0.5, 0.6) is 0 Å². The molecule has 0 spiro atoms. The quantitative estimate of drug-likeness (QED) is 0.169. The van der Waals surface area contributed by atoms with E-state index < -0.39 is 0 Å². The third-order valence-electron chi connectivity index (χ3n) is 10.2. The Balaban J connectivity index is 1.00. The summed E-state index contributed by atoms with van der Waals surface area (Å²) in [6, 6.07) is 55.8. The summed E-state index contributed by atoms with van der Waals surface area (Å²) in [5, 5.41) is 3.26. The van der Waals surface area contributed by atoms with Crippen molar-refractivity contribution in [3.05, 3.63) is 176 Å². The van der Waals surface area contributed by atoms with Crippen LogP contribution in [-0.4, -0.2) is 34.5 Å². The smallest absolute Gasteiger partial charge is 0.229 e. The number of furan rings is 1. The summed E-state index contributed by atoms with van der Waals surface area (Å²) in [6.07, 6.45) is 3.41. The third-order valence-corrected chi connectivity index (χ3v) is 10.2. The summed E-state index contributed by atoms with van der Waals surface area (Å²) in [5.74, 6) is 1.75. The van der Waals surface area contributed by atoms with Crippen LogP contribution < -0.4 is 0 Å². The fraction of sp³-hybridized carbons (Fsp3) is 0. The van der Waals surface area contributed by atoms with Gasteiger partial charge in [-0.3, -0.25) is 0 Å². The highest BCUT2D eigenvalue weighted by Gasteiger charge is 2.19. The third kappa shape index (κ3) is 5.31. The fourth-order valence-corrected chi connectivity index (χ4v) is 7.57. The topological polar surface area (TPSA) is 95.4 Å². The van der Waals surface area contributed by atoms with Gasteiger partial charge in [0.1, 0.15) is 17.5 Å². The fourth-order valence-electron chi connectivity index (χ4n) is 7.57. The Labute approximate surface area is 320 Å². The molecule has 8 heteroatoms. The van der Waals surface area contributed by atoms with E-state index >= 15 is 0 Å². The van der Waals surface area contributed by atoms with Crippen molar-refractivity contribution in [2.75, 3.05) is 0 Å². The molecule has 0 N–H and O–H groups in total. The lowest BCUT2D eigenvalue weighted by Crippen LogP contribution is -2.01. The molecule has 0 bridgehead atoms. The molecule has 0 amide bonds. The lowest BCUT2D eigenvalue weighted by atomic mass is 10.1. The van der Waals surface area contributed by atoms with E-state index in [9.17, 15) is 0 Å². The number of rotatable bonds is 6. The number of nitrogens with zero attached hydrogens (tertiary/aromatic N) is 7. The van der Waals surface area contributed by atoms with Gasteiger partial charge in [-0.15, -0.1) is 0 Å². The van der Waals surface area contributed by atoms with Crippen LogP contribution in [0.2, 0.25) is 0 Å². The Hall–Kier alpha value is -7.84. The first-order chi connectivity index (χ1) is 27.7. The van der Waals surface area contributed by atoms with Crippen molar-refractivity contribution in [2.45, 2.75) is 0 Å². The van der Waals surface area contributed by atoms with E-state index in [1.165, 1.54) is 10.8 Å². The van der Waals surface area contributed by atoms with Gasteiger partial charge in [0.25, 0.3) is 0 Å². The predicted octanol–water partition coefficient (Wildman–Crippen LogP) is 11.4. The van der Waals surface area contributed by atoms with E-state index in [1.54, 1.807) is 6.33 Å². The Morgan fingerprint density at radius 3 is 1.68 bits per heavy atom. The zero-order valence-corrected chi connectivity index (χ0v) is 29.8. The van der Waals surface area contributed by atoms with Crippen molar-refractivity contribution in [3.8, 4) is 62.2 Å². The molecule has 0 radical (unpaired) electrons. The van der Waals surface area contributed by atoms with Gasteiger partial charge in [0.2, 0.25) is 5.71 Å². The monoisotopic (exact) mass is 719 g/mol. The van der Waals surface area contributed by atoms with Crippen molar-refractivity contribution in [1.82, 2.24) is 34.5 Å². The van der Waals surface area contributed by atoms with Gasteiger partial charge in [0.05, 0.1) is 16.4 Å². The zero-order valence-electron chi connectivity index (χ0n) is 29.8. The first-order valence-corrected chi connectivity index (χ1v) is 18.4. The molecular weight excluding hydrogens is 691 g/mol. The second kappa shape index (κ2) is 12.9. The molecule has 5 heterocycles. The average molecular weight is 720 g/mol. The van der Waals surface area contributed by atoms with Gasteiger partial charge in [0, 0.05) is 50.5 Å². The van der Waals surface area contributed by atoms with Crippen LogP contribution in [-0.2, 0) is 0 Å². The van der Waals surface area contributed by atoms with Gasteiger partial charge >= 0.3 is 0 Å². The number of para-hydroxylation sites is 2. The molecule has 0 saturated heterocycles. The average Bonchev–Trinajstić information content (AvgIpc) is 3.83. The number of hydrogen-bond donors (Lipinski definition) is 0. The van der Waals surface area contributed by atoms with E-state index in [1.807, 2.05) is 79.0 Å². The van der Waals surface area contributed by atoms with E-state index in [-0.39, 0.29) is 0 Å². The minimum absolute atomic E-state index is 0.520. The number of hydrogen-bond acceptors (Lipinski definition) is 7. The predicted molar refractivity (Wildman–Crippen MR) is 222 cm³/mol. The second-order valence-electron chi connectivity index (χ2n) is 13.6. The summed E-state index contributed by atoms with van der Waals surface area (Å²) in [6.45, 7) is 0. The molecule has 0 atom stereocenters. The van der Waals surface area contributed by atoms with Crippen LogP contribution in [0, 0.1) is 0 Å². The van der Waals surface area contributed by atoms with E-state index in [0.717, 1.165) is 61.0 Å². The molecule has 6 aromatic carbocycles. The zero-order chi connectivity index (χ0) is 37.0. The van der Waals surface area contributed by atoms with Crippen molar-refractivity contribution < 1.29 is 4.42 Å². The van der Waals surface area contributed by atoms with Crippen LogP contribution in [0.4, 0.5) is 0 Å². The lowest BCUT2D eigenvalue weighted by molar-refractivity contribution is 0.652. The molecule has 0 aliphatic heterocycles. The number of benzene rings is 6. The minimum Gasteiger partial charge on any atom is -0.434 e. The molecule has 5 aromatic heterocycles. The molecule has 11 rings (SSSR count). The summed E-state index contributed by atoms with van der Waals surface area (Å²) >= 11 is 0. The molecule has 0 unspecified atom stereocenters. The number of pyridine rings is 1. The lowest BCUT2D eigenvalue weighted by Gasteiger charge is -2.11. The number of fused-ring (bicyclic) bond motifs is 6. The molecule has 0 fully saturated rings. The Morgan fingerprint density at radius 2 is 0.982 bits per heavy atom.